The first-order chi connectivity index (χ1) is 6.61. The van der Waals surface area contributed by atoms with Crippen molar-refractivity contribution >= 4 is 5.91 Å². The molecule has 0 aliphatic carbocycles. The molecule has 1 atom stereocenters. The van der Waals surface area contributed by atoms with Gasteiger partial charge in [-0.25, -0.2) is 0 Å². The zero-order chi connectivity index (χ0) is 10.6. The lowest BCUT2D eigenvalue weighted by molar-refractivity contribution is -0.134. The van der Waals surface area contributed by atoms with E-state index in [0.29, 0.717) is 5.92 Å². The minimum absolute atomic E-state index is 0.101. The largest absolute Gasteiger partial charge is 0.381 e. The topological polar surface area (TPSA) is 29.5 Å². The lowest BCUT2D eigenvalue weighted by Gasteiger charge is -2.28. The molecule has 1 unspecified atom stereocenters. The summed E-state index contributed by atoms with van der Waals surface area (Å²) >= 11 is 0. The smallest absolute Gasteiger partial charge is 0.224 e. The first-order valence-corrected chi connectivity index (χ1v) is 5.44. The van der Waals surface area contributed by atoms with E-state index < -0.39 is 0 Å². The Kier molecular flexibility index (Phi) is 4.39. The number of hydrogen-bond donors (Lipinski definition) is 0. The third-order valence-corrected chi connectivity index (χ3v) is 2.66. The van der Waals surface area contributed by atoms with E-state index >= 15 is 0 Å². The van der Waals surface area contributed by atoms with Crippen molar-refractivity contribution < 1.29 is 9.53 Å². The molecule has 1 aliphatic rings. The highest BCUT2D eigenvalue weighted by molar-refractivity contribution is 5.77. The molecule has 14 heavy (non-hydrogen) atoms. The van der Waals surface area contributed by atoms with Gasteiger partial charge in [0.15, 0.2) is 0 Å². The molecule has 0 spiro atoms. The molecule has 0 aromatic carbocycles. The molecule has 1 fully saturated rings. The number of rotatable bonds is 3. The van der Waals surface area contributed by atoms with Crippen molar-refractivity contribution in [1.82, 2.24) is 4.90 Å². The Labute approximate surface area is 86.4 Å². The van der Waals surface area contributed by atoms with Gasteiger partial charge in [-0.3, -0.25) is 4.79 Å². The SMILES string of the molecule is CC(C)C(=O)N(C)CC1CCCOC1. The first-order valence-electron chi connectivity index (χ1n) is 5.44. The van der Waals surface area contributed by atoms with E-state index in [-0.39, 0.29) is 11.8 Å². The van der Waals surface area contributed by atoms with Gasteiger partial charge >= 0.3 is 0 Å². The Bertz CT molecular complexity index is 186. The Morgan fingerprint density at radius 2 is 2.29 bits per heavy atom. The number of amides is 1. The number of nitrogens with zero attached hydrogens (tertiary/aromatic N) is 1. The second-order valence-corrected chi connectivity index (χ2v) is 4.46. The molecular formula is C11H21NO2. The molecule has 1 rings (SSSR count). The van der Waals surface area contributed by atoms with Gasteiger partial charge < -0.3 is 9.64 Å². The van der Waals surface area contributed by atoms with Gasteiger partial charge in [-0.1, -0.05) is 13.8 Å². The summed E-state index contributed by atoms with van der Waals surface area (Å²) in [6.07, 6.45) is 2.32. The molecule has 3 nitrogen and oxygen atoms in total. The molecule has 0 bridgehead atoms. The minimum atomic E-state index is 0.101. The van der Waals surface area contributed by atoms with Crippen LogP contribution in [0.1, 0.15) is 26.7 Å². The van der Waals surface area contributed by atoms with Crippen LogP contribution in [0.5, 0.6) is 0 Å². The van der Waals surface area contributed by atoms with Gasteiger partial charge in [-0.15, -0.1) is 0 Å². The summed E-state index contributed by atoms with van der Waals surface area (Å²) in [5.41, 5.74) is 0. The second kappa shape index (κ2) is 5.35. The molecule has 3 heteroatoms. The van der Waals surface area contributed by atoms with Gasteiger partial charge in [0, 0.05) is 26.1 Å². The Morgan fingerprint density at radius 1 is 1.57 bits per heavy atom. The number of hydrogen-bond acceptors (Lipinski definition) is 2. The summed E-state index contributed by atoms with van der Waals surface area (Å²) in [5, 5.41) is 0. The first kappa shape index (κ1) is 11.5. The molecule has 1 heterocycles. The van der Waals surface area contributed by atoms with Gasteiger partial charge in [0.25, 0.3) is 0 Å². The lowest BCUT2D eigenvalue weighted by Crippen LogP contribution is -2.37. The Balaban J connectivity index is 2.31. The van der Waals surface area contributed by atoms with E-state index in [9.17, 15) is 4.79 Å². The van der Waals surface area contributed by atoms with Crippen molar-refractivity contribution in [2.45, 2.75) is 26.7 Å². The van der Waals surface area contributed by atoms with Crippen LogP contribution in [0.4, 0.5) is 0 Å². The monoisotopic (exact) mass is 199 g/mol. The van der Waals surface area contributed by atoms with Crippen molar-refractivity contribution in [3.8, 4) is 0 Å². The van der Waals surface area contributed by atoms with Crippen LogP contribution in [0.2, 0.25) is 0 Å². The predicted molar refractivity (Wildman–Crippen MR) is 56.0 cm³/mol. The molecule has 0 aromatic heterocycles. The third-order valence-electron chi connectivity index (χ3n) is 2.66. The fraction of sp³-hybridized carbons (Fsp3) is 0.909. The van der Waals surface area contributed by atoms with E-state index in [1.807, 2.05) is 25.8 Å². The molecule has 0 aromatic rings. The minimum Gasteiger partial charge on any atom is -0.381 e. The summed E-state index contributed by atoms with van der Waals surface area (Å²) in [4.78, 5) is 13.4. The zero-order valence-electron chi connectivity index (χ0n) is 9.45. The highest BCUT2D eigenvalue weighted by Gasteiger charge is 2.19. The van der Waals surface area contributed by atoms with Crippen LogP contribution in [0, 0.1) is 11.8 Å². The summed E-state index contributed by atoms with van der Waals surface area (Å²) in [5.74, 6) is 0.872. The van der Waals surface area contributed by atoms with E-state index in [0.717, 1.165) is 26.2 Å². The normalized spacial score (nSPS) is 22.4. The molecule has 1 aliphatic heterocycles. The molecule has 1 amide bonds. The maximum atomic E-state index is 11.6. The van der Waals surface area contributed by atoms with Crippen molar-refractivity contribution in [1.29, 1.82) is 0 Å². The quantitative estimate of drug-likeness (QED) is 0.690. The number of carbonyl (C=O) groups excluding carboxylic acids is 1. The number of ether oxygens (including phenoxy) is 1. The fourth-order valence-corrected chi connectivity index (χ4v) is 1.87. The summed E-state index contributed by atoms with van der Waals surface area (Å²) in [7, 11) is 1.89. The van der Waals surface area contributed by atoms with E-state index in [1.54, 1.807) is 0 Å². The Hall–Kier alpha value is -0.570. The second-order valence-electron chi connectivity index (χ2n) is 4.46. The maximum absolute atomic E-state index is 11.6. The maximum Gasteiger partial charge on any atom is 0.224 e. The van der Waals surface area contributed by atoms with Gasteiger partial charge in [-0.2, -0.15) is 0 Å². The highest BCUT2D eigenvalue weighted by Crippen LogP contribution is 2.15. The van der Waals surface area contributed by atoms with Crippen molar-refractivity contribution in [3.63, 3.8) is 0 Å². The number of carbonyl (C=O) groups is 1. The molecule has 82 valence electrons. The van der Waals surface area contributed by atoms with Gasteiger partial charge in [0.1, 0.15) is 0 Å². The zero-order valence-corrected chi connectivity index (χ0v) is 9.45. The van der Waals surface area contributed by atoms with Gasteiger partial charge in [0.05, 0.1) is 6.61 Å². The molecule has 1 saturated heterocycles. The standard InChI is InChI=1S/C11H21NO2/c1-9(2)11(13)12(3)7-10-5-4-6-14-8-10/h9-10H,4-8H2,1-3H3. The van der Waals surface area contributed by atoms with E-state index in [1.165, 1.54) is 6.42 Å². The average Bonchev–Trinajstić information content (AvgIpc) is 2.18. The van der Waals surface area contributed by atoms with Crippen LogP contribution >= 0.6 is 0 Å². The van der Waals surface area contributed by atoms with Crippen LogP contribution in [0.3, 0.4) is 0 Å². The van der Waals surface area contributed by atoms with E-state index in [2.05, 4.69) is 0 Å². The van der Waals surface area contributed by atoms with Crippen LogP contribution in [0.15, 0.2) is 0 Å². The van der Waals surface area contributed by atoms with E-state index in [4.69, 9.17) is 4.74 Å². The van der Waals surface area contributed by atoms with Gasteiger partial charge in [-0.05, 0) is 18.8 Å². The van der Waals surface area contributed by atoms with Crippen LogP contribution in [0.25, 0.3) is 0 Å². The van der Waals surface area contributed by atoms with Gasteiger partial charge in [0.2, 0.25) is 5.91 Å². The molecule has 0 radical (unpaired) electrons. The van der Waals surface area contributed by atoms with Crippen molar-refractivity contribution in [2.24, 2.45) is 11.8 Å². The van der Waals surface area contributed by atoms with Crippen molar-refractivity contribution in [3.05, 3.63) is 0 Å². The Morgan fingerprint density at radius 3 is 2.79 bits per heavy atom. The highest BCUT2D eigenvalue weighted by atomic mass is 16.5. The fourth-order valence-electron chi connectivity index (χ4n) is 1.87. The van der Waals surface area contributed by atoms with Crippen molar-refractivity contribution in [2.75, 3.05) is 26.8 Å². The van der Waals surface area contributed by atoms with Crippen LogP contribution in [-0.4, -0.2) is 37.6 Å². The lowest BCUT2D eigenvalue weighted by atomic mass is 10.0. The van der Waals surface area contributed by atoms with Crippen LogP contribution in [-0.2, 0) is 9.53 Å². The third kappa shape index (κ3) is 3.29. The molecule has 0 N–H and O–H groups in total. The van der Waals surface area contributed by atoms with Crippen LogP contribution < -0.4 is 0 Å². The summed E-state index contributed by atoms with van der Waals surface area (Å²) in [6.45, 7) is 6.43. The summed E-state index contributed by atoms with van der Waals surface area (Å²) < 4.78 is 5.39. The summed E-state index contributed by atoms with van der Waals surface area (Å²) in [6, 6.07) is 0. The average molecular weight is 199 g/mol. The molecule has 0 saturated carbocycles. The molecular weight excluding hydrogens is 178 g/mol. The predicted octanol–water partition coefficient (Wildman–Crippen LogP) is 1.53.